The fraction of sp³-hybridized carbons (Fsp3) is 1.00. The van der Waals surface area contributed by atoms with Gasteiger partial charge in [-0.15, -0.1) is 0 Å². The van der Waals surface area contributed by atoms with Crippen LogP contribution in [0.3, 0.4) is 0 Å². The third-order valence-corrected chi connectivity index (χ3v) is 16.2. The van der Waals surface area contributed by atoms with Crippen molar-refractivity contribution in [2.45, 2.75) is 171 Å². The second-order valence-electron chi connectivity index (χ2n) is 18.9. The van der Waals surface area contributed by atoms with Crippen molar-refractivity contribution in [3.63, 3.8) is 0 Å². The molecule has 0 aromatic heterocycles. The number of ether oxygens (including phenoxy) is 6. The van der Waals surface area contributed by atoms with Gasteiger partial charge in [-0.2, -0.15) is 0 Å². The van der Waals surface area contributed by atoms with Gasteiger partial charge in [0.2, 0.25) is 0 Å². The van der Waals surface area contributed by atoms with Crippen LogP contribution in [0, 0.1) is 52.3 Å². The third kappa shape index (κ3) is 6.20. The van der Waals surface area contributed by atoms with Crippen molar-refractivity contribution in [1.29, 1.82) is 0 Å². The molecule has 4 aliphatic carbocycles. The molecule has 3 unspecified atom stereocenters. The normalized spacial score (nSPS) is 59.5. The van der Waals surface area contributed by atoms with Crippen LogP contribution in [0.4, 0.5) is 0 Å². The number of hydrogen-bond acceptors (Lipinski definition) is 14. The molecule has 304 valence electrons. The monoisotopic (exact) mass is 756 g/mol. The van der Waals surface area contributed by atoms with E-state index in [4.69, 9.17) is 28.4 Å². The largest absolute Gasteiger partial charge is 0.394 e. The molecule has 14 heteroatoms. The standard InChI is InChI=1S/C39H64O14/c1-17-7-10-39(48-16-17)18(2)28-25(53-39)12-22-20-6-5-19-11-24(23(42)13-38(19,4)21(20)8-9-37(22,28)3)49-35-33(47)31(45)34(27(15-41)51-35)52-36-32(46)30(44)29(43)26(14-40)50-36/h17-36,40-47H,5-16H2,1-4H3/t17-,18+,19+,20?,21?,22?,23-,24-,25+,26+,27-,28+,29+,30-,31-,32+,33-,34-,35-,36-,37+,38+,39-/m1/s1. The lowest BCUT2D eigenvalue weighted by atomic mass is 9.44. The maximum atomic E-state index is 11.7. The highest BCUT2D eigenvalue weighted by Gasteiger charge is 2.69. The van der Waals surface area contributed by atoms with Gasteiger partial charge in [-0.1, -0.05) is 27.7 Å². The Morgan fingerprint density at radius 2 is 1.40 bits per heavy atom. The van der Waals surface area contributed by atoms with Crippen molar-refractivity contribution in [2.75, 3.05) is 19.8 Å². The van der Waals surface area contributed by atoms with Gasteiger partial charge >= 0.3 is 0 Å². The van der Waals surface area contributed by atoms with Gasteiger partial charge in [0.25, 0.3) is 0 Å². The average molecular weight is 757 g/mol. The van der Waals surface area contributed by atoms with Gasteiger partial charge in [0.05, 0.1) is 38.1 Å². The predicted molar refractivity (Wildman–Crippen MR) is 184 cm³/mol. The van der Waals surface area contributed by atoms with Crippen molar-refractivity contribution in [1.82, 2.24) is 0 Å². The summed E-state index contributed by atoms with van der Waals surface area (Å²) in [7, 11) is 0. The molecule has 8 N–H and O–H groups in total. The Bertz CT molecular complexity index is 1290. The number of hydrogen-bond donors (Lipinski definition) is 8. The first-order valence-corrected chi connectivity index (χ1v) is 20.4. The molecule has 0 radical (unpaired) electrons. The van der Waals surface area contributed by atoms with E-state index in [1.54, 1.807) is 0 Å². The number of aliphatic hydroxyl groups excluding tert-OH is 8. The van der Waals surface area contributed by atoms with E-state index in [0.717, 1.165) is 51.6 Å². The summed E-state index contributed by atoms with van der Waals surface area (Å²) in [6.07, 6.45) is -7.80. The van der Waals surface area contributed by atoms with Gasteiger partial charge in [0.15, 0.2) is 18.4 Å². The van der Waals surface area contributed by atoms with E-state index in [0.29, 0.717) is 54.3 Å². The summed E-state index contributed by atoms with van der Waals surface area (Å²) in [6.45, 7) is 8.96. The van der Waals surface area contributed by atoms with Gasteiger partial charge in [0, 0.05) is 12.3 Å². The molecule has 0 aromatic rings. The van der Waals surface area contributed by atoms with Crippen molar-refractivity contribution in [2.24, 2.45) is 52.3 Å². The molecule has 0 aromatic carbocycles. The summed E-state index contributed by atoms with van der Waals surface area (Å²) < 4.78 is 36.7. The summed E-state index contributed by atoms with van der Waals surface area (Å²) in [5, 5.41) is 84.5. The van der Waals surface area contributed by atoms with Crippen molar-refractivity contribution < 1.29 is 69.3 Å². The predicted octanol–water partition coefficient (Wildman–Crippen LogP) is 0.413. The van der Waals surface area contributed by atoms with Gasteiger partial charge in [-0.05, 0) is 97.7 Å². The fourth-order valence-electron chi connectivity index (χ4n) is 13.3. The van der Waals surface area contributed by atoms with Crippen LogP contribution in [0.2, 0.25) is 0 Å². The van der Waals surface area contributed by atoms with E-state index in [1.807, 2.05) is 0 Å². The van der Waals surface area contributed by atoms with Crippen molar-refractivity contribution >= 4 is 0 Å². The Morgan fingerprint density at radius 1 is 0.698 bits per heavy atom. The molecule has 1 spiro atoms. The van der Waals surface area contributed by atoms with E-state index in [9.17, 15) is 40.9 Å². The van der Waals surface area contributed by atoms with Crippen molar-refractivity contribution in [3.8, 4) is 0 Å². The first-order valence-electron chi connectivity index (χ1n) is 20.4. The number of fused-ring (bicyclic) bond motifs is 7. The number of aliphatic hydroxyl groups is 8. The molecule has 4 saturated heterocycles. The summed E-state index contributed by atoms with van der Waals surface area (Å²) in [6, 6.07) is 0. The van der Waals surface area contributed by atoms with Crippen LogP contribution in [0.5, 0.6) is 0 Å². The second-order valence-corrected chi connectivity index (χ2v) is 18.9. The maximum Gasteiger partial charge on any atom is 0.187 e. The molecular formula is C39H64O14. The van der Waals surface area contributed by atoms with Gasteiger partial charge in [-0.25, -0.2) is 0 Å². The molecule has 53 heavy (non-hydrogen) atoms. The molecule has 8 rings (SSSR count). The molecule has 14 nitrogen and oxygen atoms in total. The van der Waals surface area contributed by atoms with E-state index >= 15 is 0 Å². The van der Waals surface area contributed by atoms with Crippen LogP contribution in [-0.2, 0) is 28.4 Å². The van der Waals surface area contributed by atoms with Gasteiger partial charge < -0.3 is 69.3 Å². The van der Waals surface area contributed by atoms with E-state index in [2.05, 4.69) is 27.7 Å². The highest BCUT2D eigenvalue weighted by Crippen LogP contribution is 2.71. The zero-order valence-corrected chi connectivity index (χ0v) is 31.6. The Kier molecular flexibility index (Phi) is 10.6. The van der Waals surface area contributed by atoms with Crippen LogP contribution in [0.15, 0.2) is 0 Å². The molecule has 4 saturated carbocycles. The Balaban J connectivity index is 0.912. The average Bonchev–Trinajstić information content (AvgIpc) is 3.58. The van der Waals surface area contributed by atoms with E-state index in [1.165, 1.54) is 0 Å². The van der Waals surface area contributed by atoms with Crippen LogP contribution in [0.25, 0.3) is 0 Å². The van der Waals surface area contributed by atoms with Crippen LogP contribution in [0.1, 0.15) is 85.5 Å². The Labute approximate surface area is 312 Å². The quantitative estimate of drug-likeness (QED) is 0.173. The third-order valence-electron chi connectivity index (χ3n) is 16.2. The lowest BCUT2D eigenvalue weighted by Crippen LogP contribution is -2.65. The van der Waals surface area contributed by atoms with Crippen molar-refractivity contribution in [3.05, 3.63) is 0 Å². The van der Waals surface area contributed by atoms with Crippen LogP contribution in [-0.4, -0.2) is 146 Å². The molecular weight excluding hydrogens is 692 g/mol. The molecule has 4 heterocycles. The lowest BCUT2D eigenvalue weighted by molar-refractivity contribution is -0.366. The highest BCUT2D eigenvalue weighted by atomic mass is 16.7. The van der Waals surface area contributed by atoms with Crippen LogP contribution < -0.4 is 0 Å². The summed E-state index contributed by atoms with van der Waals surface area (Å²) >= 11 is 0. The zero-order valence-electron chi connectivity index (χ0n) is 31.6. The minimum Gasteiger partial charge on any atom is -0.394 e. The van der Waals surface area contributed by atoms with Gasteiger partial charge in [0.1, 0.15) is 48.8 Å². The van der Waals surface area contributed by atoms with E-state index in [-0.39, 0.29) is 16.9 Å². The van der Waals surface area contributed by atoms with Gasteiger partial charge in [-0.3, -0.25) is 0 Å². The first kappa shape index (κ1) is 39.3. The molecule has 8 aliphatic rings. The lowest BCUT2D eigenvalue weighted by Gasteiger charge is -2.62. The Morgan fingerprint density at radius 3 is 2.09 bits per heavy atom. The topological polar surface area (TPSA) is 217 Å². The highest BCUT2D eigenvalue weighted by molar-refractivity contribution is 5.16. The SMILES string of the molecule is C[C@@H]1CC[C@@]2(OC1)O[C@H]1CC3C4CC[C@H]5C[C@@H](O[C@@H]6O[C@H](CO)[C@@H](O[C@H]7O[C@@H](CO)[C@H](O)[C@@H](O)[C@@H]7O)[C@H](O)[C@H]6O)[C@H](O)C[C@]5(C)C4CC[C@]3(C)[C@H]1[C@@H]2C. The summed E-state index contributed by atoms with van der Waals surface area (Å²) in [4.78, 5) is 0. The Hall–Kier alpha value is -0.560. The number of rotatable bonds is 6. The molecule has 23 atom stereocenters. The van der Waals surface area contributed by atoms with Crippen LogP contribution >= 0.6 is 0 Å². The maximum absolute atomic E-state index is 11.7. The zero-order chi connectivity index (χ0) is 37.8. The molecule has 0 amide bonds. The first-order chi connectivity index (χ1) is 25.2. The second kappa shape index (κ2) is 14.4. The fourth-order valence-corrected chi connectivity index (χ4v) is 13.3. The minimum absolute atomic E-state index is 0.0823. The van der Waals surface area contributed by atoms with E-state index < -0.39 is 92.6 Å². The summed E-state index contributed by atoms with van der Waals surface area (Å²) in [5.74, 6) is 2.90. The molecule has 8 fully saturated rings. The molecule has 4 aliphatic heterocycles. The summed E-state index contributed by atoms with van der Waals surface area (Å²) in [5.41, 5.74) is 0.118. The minimum atomic E-state index is -1.75. The smallest absolute Gasteiger partial charge is 0.187 e. The molecule has 0 bridgehead atoms.